The van der Waals surface area contributed by atoms with Crippen LogP contribution in [0.4, 0.5) is 15.8 Å². The highest BCUT2D eigenvalue weighted by Gasteiger charge is 2.28. The number of carbonyl (C=O) groups excluding carboxylic acids is 2. The summed E-state index contributed by atoms with van der Waals surface area (Å²) < 4.78 is 22.6. The van der Waals surface area contributed by atoms with Gasteiger partial charge in [0.15, 0.2) is 0 Å². The van der Waals surface area contributed by atoms with Gasteiger partial charge >= 0.3 is 0 Å². The van der Waals surface area contributed by atoms with Gasteiger partial charge in [-0.15, -0.1) is 0 Å². The molecule has 3 fully saturated rings. The molecule has 1 unspecified atom stereocenters. The predicted molar refractivity (Wildman–Crippen MR) is 202 cm³/mol. The molecule has 2 N–H and O–H groups in total. The number of nitrogens with zero attached hydrogens (tertiary/aromatic N) is 4. The number of aryl methyl sites for hydroxylation is 1. The number of hydrogen-bond acceptors (Lipinski definition) is 8. The van der Waals surface area contributed by atoms with E-state index < -0.39 is 6.04 Å². The normalized spacial score (nSPS) is 19.2. The molecule has 10 nitrogen and oxygen atoms in total. The molecule has 3 aliphatic rings. The van der Waals surface area contributed by atoms with E-state index in [0.717, 1.165) is 86.2 Å². The number of carbonyl (C=O) groups is 2. The number of methoxy groups -OCH3 is 1. The third-order valence-corrected chi connectivity index (χ3v) is 11.6. The third-order valence-electron chi connectivity index (χ3n) is 11.2. The van der Waals surface area contributed by atoms with E-state index in [9.17, 15) is 14.4 Å². The molecule has 0 radical (unpaired) electrons. The standard InChI is InChI=1S/C40H46ClFN6O4/c1-46-23-31(29-9-14-43-22-30(29)40(46)51)27-19-33(41)32(37(20-27)52-2)24-47-15-10-25(11-16-47)3-4-26-12-17-48(18-13-26)36-7-5-28(21-34(36)42)44-35-6-8-38(49)45-39(35)50/h5,7,9,14,19-23,25-26,35,44H,3-4,6,8,10-13,15-18,24H2,1-2H3,(H,45,49,50). The minimum absolute atomic E-state index is 0.0886. The van der Waals surface area contributed by atoms with Crippen LogP contribution >= 0.6 is 11.6 Å². The molecular formula is C40H46ClFN6O4. The smallest absolute Gasteiger partial charge is 0.259 e. The van der Waals surface area contributed by atoms with Gasteiger partial charge in [0.2, 0.25) is 11.8 Å². The Kier molecular flexibility index (Phi) is 10.8. The van der Waals surface area contributed by atoms with Gasteiger partial charge in [0.1, 0.15) is 17.6 Å². The molecule has 0 bridgehead atoms. The van der Waals surface area contributed by atoms with Gasteiger partial charge in [0, 0.05) is 73.5 Å². The number of halogens is 2. The first kappa shape index (κ1) is 35.9. The van der Waals surface area contributed by atoms with Gasteiger partial charge in [0.25, 0.3) is 5.56 Å². The molecule has 1 atom stereocenters. The van der Waals surface area contributed by atoms with E-state index in [0.29, 0.717) is 40.0 Å². The van der Waals surface area contributed by atoms with E-state index in [-0.39, 0.29) is 29.6 Å². The summed E-state index contributed by atoms with van der Waals surface area (Å²) in [4.78, 5) is 45.0. The highest BCUT2D eigenvalue weighted by atomic mass is 35.5. The number of fused-ring (bicyclic) bond motifs is 1. The number of likely N-dealkylation sites (tertiary alicyclic amines) is 1. The fourth-order valence-electron chi connectivity index (χ4n) is 8.12. The molecule has 2 aromatic heterocycles. The molecule has 5 heterocycles. The van der Waals surface area contributed by atoms with Gasteiger partial charge in [-0.05, 0) is 104 Å². The number of amides is 2. The third kappa shape index (κ3) is 7.80. The van der Waals surface area contributed by atoms with Gasteiger partial charge in [-0.3, -0.25) is 29.6 Å². The number of rotatable bonds is 10. The number of ether oxygens (including phenoxy) is 1. The largest absolute Gasteiger partial charge is 0.496 e. The quantitative estimate of drug-likeness (QED) is 0.178. The Morgan fingerprint density at radius 3 is 2.38 bits per heavy atom. The first-order valence-electron chi connectivity index (χ1n) is 18.3. The molecule has 7 rings (SSSR count). The van der Waals surface area contributed by atoms with Gasteiger partial charge in [0.05, 0.1) is 18.2 Å². The predicted octanol–water partition coefficient (Wildman–Crippen LogP) is 6.53. The average Bonchev–Trinajstić information content (AvgIpc) is 3.15. The van der Waals surface area contributed by atoms with Crippen molar-refractivity contribution in [3.05, 3.63) is 81.7 Å². The van der Waals surface area contributed by atoms with E-state index in [1.165, 1.54) is 18.9 Å². The summed E-state index contributed by atoms with van der Waals surface area (Å²) in [5.74, 6) is 1.15. The van der Waals surface area contributed by atoms with Crippen LogP contribution in [0.15, 0.2) is 59.8 Å². The van der Waals surface area contributed by atoms with Gasteiger partial charge in [-0.2, -0.15) is 0 Å². The maximum absolute atomic E-state index is 15.2. The molecular weight excluding hydrogens is 683 g/mol. The highest BCUT2D eigenvalue weighted by Crippen LogP contribution is 2.38. The van der Waals surface area contributed by atoms with Crippen LogP contribution in [0.1, 0.15) is 56.9 Å². The summed E-state index contributed by atoms with van der Waals surface area (Å²) in [6, 6.07) is 10.4. The average molecular weight is 729 g/mol. The van der Waals surface area contributed by atoms with Crippen molar-refractivity contribution in [1.82, 2.24) is 19.8 Å². The van der Waals surface area contributed by atoms with Gasteiger partial charge < -0.3 is 19.5 Å². The van der Waals surface area contributed by atoms with Crippen molar-refractivity contribution in [1.29, 1.82) is 0 Å². The molecule has 0 saturated carbocycles. The van der Waals surface area contributed by atoms with Gasteiger partial charge in [-0.25, -0.2) is 4.39 Å². The second-order valence-electron chi connectivity index (χ2n) is 14.6. The molecule has 274 valence electrons. The summed E-state index contributed by atoms with van der Waals surface area (Å²) in [5.41, 5.74) is 3.83. The van der Waals surface area contributed by atoms with Crippen LogP contribution in [0.2, 0.25) is 5.02 Å². The molecule has 52 heavy (non-hydrogen) atoms. The van der Waals surface area contributed by atoms with E-state index in [1.807, 2.05) is 30.5 Å². The highest BCUT2D eigenvalue weighted by molar-refractivity contribution is 6.32. The summed E-state index contributed by atoms with van der Waals surface area (Å²) in [5, 5.41) is 7.45. The molecule has 3 aliphatic heterocycles. The number of aromatic nitrogens is 2. The second-order valence-corrected chi connectivity index (χ2v) is 15.0. The van der Waals surface area contributed by atoms with Gasteiger partial charge in [-0.1, -0.05) is 24.4 Å². The number of pyridine rings is 2. The summed E-state index contributed by atoms with van der Waals surface area (Å²) in [6.07, 6.45) is 12.6. The molecule has 2 amide bonds. The van der Waals surface area contributed by atoms with E-state index in [1.54, 1.807) is 37.2 Å². The molecule has 12 heteroatoms. The number of anilines is 2. The van der Waals surface area contributed by atoms with Crippen LogP contribution in [-0.2, 0) is 23.2 Å². The van der Waals surface area contributed by atoms with Crippen LogP contribution in [0, 0.1) is 17.7 Å². The summed E-state index contributed by atoms with van der Waals surface area (Å²) >= 11 is 6.94. The van der Waals surface area contributed by atoms with Crippen LogP contribution in [-0.4, -0.2) is 65.6 Å². The van der Waals surface area contributed by atoms with Crippen LogP contribution in [0.3, 0.4) is 0 Å². The lowest BCUT2D eigenvalue weighted by atomic mass is 9.85. The van der Waals surface area contributed by atoms with Crippen LogP contribution in [0.5, 0.6) is 5.75 Å². The zero-order valence-corrected chi connectivity index (χ0v) is 30.6. The zero-order valence-electron chi connectivity index (χ0n) is 29.8. The summed E-state index contributed by atoms with van der Waals surface area (Å²) in [7, 11) is 3.42. The first-order valence-corrected chi connectivity index (χ1v) is 18.7. The number of hydrogen-bond donors (Lipinski definition) is 2. The van der Waals surface area contributed by atoms with Crippen molar-refractivity contribution in [2.75, 3.05) is 43.5 Å². The number of piperidine rings is 3. The number of nitrogens with one attached hydrogen (secondary N) is 2. The maximum atomic E-state index is 15.2. The van der Waals surface area contributed by atoms with Crippen molar-refractivity contribution in [2.45, 2.75) is 64.0 Å². The molecule has 0 aliphatic carbocycles. The maximum Gasteiger partial charge on any atom is 0.259 e. The van der Waals surface area contributed by atoms with E-state index >= 15 is 4.39 Å². The zero-order chi connectivity index (χ0) is 36.4. The number of benzene rings is 2. The molecule has 4 aromatic rings. The second kappa shape index (κ2) is 15.6. The number of imide groups is 1. The van der Waals surface area contributed by atoms with E-state index in [4.69, 9.17) is 16.3 Å². The topological polar surface area (TPSA) is 109 Å². The monoisotopic (exact) mass is 728 g/mol. The Balaban J connectivity index is 0.883. The minimum Gasteiger partial charge on any atom is -0.496 e. The van der Waals surface area contributed by atoms with Crippen molar-refractivity contribution in [2.24, 2.45) is 18.9 Å². The Hall–Kier alpha value is -4.48. The van der Waals surface area contributed by atoms with E-state index in [2.05, 4.69) is 25.4 Å². The fraction of sp³-hybridized carbons (Fsp3) is 0.450. The van der Waals surface area contributed by atoms with Crippen molar-refractivity contribution in [3.63, 3.8) is 0 Å². The van der Waals surface area contributed by atoms with Crippen LogP contribution in [0.25, 0.3) is 21.9 Å². The lowest BCUT2D eigenvalue weighted by Gasteiger charge is -2.36. The van der Waals surface area contributed by atoms with Crippen molar-refractivity contribution in [3.8, 4) is 16.9 Å². The molecule has 2 aromatic carbocycles. The Labute approximate surface area is 308 Å². The lowest BCUT2D eigenvalue weighted by molar-refractivity contribution is -0.133. The Morgan fingerprint density at radius 1 is 0.962 bits per heavy atom. The Bertz CT molecular complexity index is 2020. The summed E-state index contributed by atoms with van der Waals surface area (Å²) in [6.45, 7) is 4.40. The molecule has 3 saturated heterocycles. The SMILES string of the molecule is COc1cc(-c2cn(C)c(=O)c3cnccc23)cc(Cl)c1CN1CCC(CCC2CCN(c3ccc(NC4CCC(=O)NC4=O)cc3F)CC2)CC1. The van der Waals surface area contributed by atoms with Crippen LogP contribution < -0.4 is 25.8 Å². The molecule has 0 spiro atoms. The lowest BCUT2D eigenvalue weighted by Crippen LogP contribution is -2.47. The van der Waals surface area contributed by atoms with Crippen molar-refractivity contribution >= 4 is 45.6 Å². The Morgan fingerprint density at radius 2 is 1.69 bits per heavy atom. The minimum atomic E-state index is -0.536. The first-order chi connectivity index (χ1) is 25.2. The van der Waals surface area contributed by atoms with Crippen molar-refractivity contribution < 1.29 is 18.7 Å². The fourth-order valence-corrected chi connectivity index (χ4v) is 8.39.